The zero-order valence-electron chi connectivity index (χ0n) is 16.4. The average molecular weight is 446 g/mol. The van der Waals surface area contributed by atoms with Gasteiger partial charge in [-0.2, -0.15) is 4.99 Å². The fraction of sp³-hybridized carbons (Fsp3) is 0.0870. The molecule has 6 nitrogen and oxygen atoms in total. The number of pyridine rings is 1. The van der Waals surface area contributed by atoms with Crippen LogP contribution in [0.25, 0.3) is 31.7 Å². The minimum Gasteiger partial charge on any atom is -0.454 e. The van der Waals surface area contributed by atoms with E-state index in [0.29, 0.717) is 21.9 Å². The van der Waals surface area contributed by atoms with E-state index < -0.39 is 0 Å². The third-order valence-corrected chi connectivity index (χ3v) is 7.21. The number of thiophene rings is 1. The number of fused-ring (bicyclic) bond motifs is 3. The molecule has 0 N–H and O–H groups in total. The van der Waals surface area contributed by atoms with E-state index in [9.17, 15) is 4.79 Å². The lowest BCUT2D eigenvalue weighted by Gasteiger charge is -2.06. The second-order valence-electron chi connectivity index (χ2n) is 7.08. The van der Waals surface area contributed by atoms with E-state index in [2.05, 4.69) is 4.99 Å². The zero-order valence-corrected chi connectivity index (χ0v) is 18.0. The highest BCUT2D eigenvalue weighted by Crippen LogP contribution is 2.36. The Morgan fingerprint density at radius 3 is 2.77 bits per heavy atom. The number of carbonyl (C=O) groups excluding carboxylic acids is 1. The topological polar surface area (TPSA) is 65.7 Å². The van der Waals surface area contributed by atoms with Gasteiger partial charge in [0, 0.05) is 24.6 Å². The number of hydrogen-bond acceptors (Lipinski definition) is 6. The van der Waals surface area contributed by atoms with Crippen LogP contribution >= 0.6 is 22.7 Å². The van der Waals surface area contributed by atoms with E-state index in [1.807, 2.05) is 71.6 Å². The van der Waals surface area contributed by atoms with E-state index >= 15 is 0 Å². The number of aryl methyl sites for hydroxylation is 1. The smallest absolute Gasteiger partial charge is 0.280 e. The lowest BCUT2D eigenvalue weighted by Crippen LogP contribution is -2.13. The lowest BCUT2D eigenvalue weighted by atomic mass is 10.1. The highest BCUT2D eigenvalue weighted by molar-refractivity contribution is 7.16. The molecule has 0 saturated carbocycles. The molecular weight excluding hydrogens is 430 g/mol. The van der Waals surface area contributed by atoms with E-state index in [0.717, 1.165) is 31.7 Å². The Hall–Kier alpha value is -3.49. The van der Waals surface area contributed by atoms with Crippen LogP contribution in [-0.2, 0) is 7.05 Å². The first kappa shape index (κ1) is 18.3. The van der Waals surface area contributed by atoms with Crippen molar-refractivity contribution in [1.29, 1.82) is 0 Å². The standard InChI is InChI=1S/C23H15N3O3S2/c1-26-17-10-18-19(29-12-28-18)11-21(17)31-23(26)25-22(27)14-9-16(20-7-4-8-30-20)24-15-6-3-2-5-13(14)15/h2-11H,12H2,1H3. The van der Waals surface area contributed by atoms with Gasteiger partial charge in [-0.05, 0) is 23.6 Å². The van der Waals surface area contributed by atoms with Gasteiger partial charge < -0.3 is 14.0 Å². The average Bonchev–Trinajstić information content (AvgIpc) is 3.53. The van der Waals surface area contributed by atoms with E-state index in [1.54, 1.807) is 11.3 Å². The number of rotatable bonds is 2. The normalized spacial score (nSPS) is 13.4. The number of hydrogen-bond donors (Lipinski definition) is 0. The lowest BCUT2D eigenvalue weighted by molar-refractivity contribution is 0.0999. The zero-order chi connectivity index (χ0) is 20.9. The summed E-state index contributed by atoms with van der Waals surface area (Å²) in [6.45, 7) is 0.230. The van der Waals surface area contributed by atoms with Crippen LogP contribution < -0.4 is 14.3 Å². The molecule has 2 aromatic carbocycles. The summed E-state index contributed by atoms with van der Waals surface area (Å²) >= 11 is 3.04. The number of para-hydroxylation sites is 1. The number of nitrogens with zero attached hydrogens (tertiary/aromatic N) is 3. The Labute approximate surface area is 184 Å². The van der Waals surface area contributed by atoms with E-state index in [-0.39, 0.29) is 12.7 Å². The minimum atomic E-state index is -0.293. The molecule has 1 amide bonds. The number of benzene rings is 2. The summed E-state index contributed by atoms with van der Waals surface area (Å²) in [5.74, 6) is 1.13. The van der Waals surface area contributed by atoms with Crippen LogP contribution in [-0.4, -0.2) is 22.3 Å². The molecule has 1 aliphatic rings. The van der Waals surface area contributed by atoms with Gasteiger partial charge in [0.2, 0.25) is 6.79 Å². The van der Waals surface area contributed by atoms with Crippen LogP contribution in [0.15, 0.2) is 65.0 Å². The summed E-state index contributed by atoms with van der Waals surface area (Å²) in [5, 5.41) is 2.79. The summed E-state index contributed by atoms with van der Waals surface area (Å²) in [7, 11) is 1.90. The first-order valence-corrected chi connectivity index (χ1v) is 11.3. The van der Waals surface area contributed by atoms with Crippen molar-refractivity contribution in [3.8, 4) is 22.1 Å². The minimum absolute atomic E-state index is 0.230. The molecule has 1 aliphatic heterocycles. The molecule has 5 aromatic rings. The number of carbonyl (C=O) groups is 1. The third kappa shape index (κ3) is 3.03. The van der Waals surface area contributed by atoms with E-state index in [4.69, 9.17) is 14.5 Å². The number of thiazole rings is 1. The molecular formula is C23H15N3O3S2. The van der Waals surface area contributed by atoms with Gasteiger partial charge in [-0.15, -0.1) is 11.3 Å². The number of ether oxygens (including phenoxy) is 2. The Bertz CT molecular complexity index is 1550. The Morgan fingerprint density at radius 2 is 1.94 bits per heavy atom. The molecule has 0 fully saturated rings. The van der Waals surface area contributed by atoms with Gasteiger partial charge in [0.25, 0.3) is 5.91 Å². The van der Waals surface area contributed by atoms with Crippen molar-refractivity contribution in [2.24, 2.45) is 12.0 Å². The van der Waals surface area contributed by atoms with Crippen LogP contribution in [0.3, 0.4) is 0 Å². The van der Waals surface area contributed by atoms with Crippen molar-refractivity contribution in [3.05, 3.63) is 70.3 Å². The molecule has 3 aromatic heterocycles. The molecule has 0 unspecified atom stereocenters. The van der Waals surface area contributed by atoms with Crippen LogP contribution in [0.1, 0.15) is 10.4 Å². The predicted octanol–water partition coefficient (Wildman–Crippen LogP) is 4.99. The van der Waals surface area contributed by atoms with Gasteiger partial charge in [-0.1, -0.05) is 35.6 Å². The van der Waals surface area contributed by atoms with Crippen LogP contribution in [0, 0.1) is 0 Å². The quantitative estimate of drug-likeness (QED) is 0.384. The van der Waals surface area contributed by atoms with Crippen LogP contribution in [0.2, 0.25) is 0 Å². The summed E-state index contributed by atoms with van der Waals surface area (Å²) < 4.78 is 13.8. The SMILES string of the molecule is Cn1c(=NC(=O)c2cc(-c3cccs3)nc3ccccc23)sc2cc3c(cc21)OCO3. The van der Waals surface area contributed by atoms with Gasteiger partial charge >= 0.3 is 0 Å². The molecule has 8 heteroatoms. The molecule has 0 saturated heterocycles. The summed E-state index contributed by atoms with van der Waals surface area (Å²) in [5.41, 5.74) is 3.04. The first-order chi connectivity index (χ1) is 15.2. The van der Waals surface area contributed by atoms with Crippen molar-refractivity contribution in [3.63, 3.8) is 0 Å². The van der Waals surface area contributed by atoms with Gasteiger partial charge in [0.05, 0.1) is 31.9 Å². The van der Waals surface area contributed by atoms with Crippen molar-refractivity contribution in [2.75, 3.05) is 6.79 Å². The predicted molar refractivity (Wildman–Crippen MR) is 122 cm³/mol. The maximum absolute atomic E-state index is 13.3. The van der Waals surface area contributed by atoms with Crippen molar-refractivity contribution in [2.45, 2.75) is 0 Å². The largest absolute Gasteiger partial charge is 0.454 e. The summed E-state index contributed by atoms with van der Waals surface area (Å²) in [4.78, 5) is 24.2. The van der Waals surface area contributed by atoms with Crippen molar-refractivity contribution in [1.82, 2.24) is 9.55 Å². The Balaban J connectivity index is 1.52. The van der Waals surface area contributed by atoms with Gasteiger partial charge in [0.15, 0.2) is 16.3 Å². The van der Waals surface area contributed by atoms with Crippen LogP contribution in [0.5, 0.6) is 11.5 Å². The maximum Gasteiger partial charge on any atom is 0.280 e. The second kappa shape index (κ2) is 7.04. The Morgan fingerprint density at radius 1 is 1.10 bits per heavy atom. The second-order valence-corrected chi connectivity index (χ2v) is 9.04. The fourth-order valence-electron chi connectivity index (χ4n) is 3.67. The van der Waals surface area contributed by atoms with Crippen molar-refractivity contribution < 1.29 is 14.3 Å². The van der Waals surface area contributed by atoms with Gasteiger partial charge in [-0.3, -0.25) is 4.79 Å². The molecule has 0 bridgehead atoms. The Kier molecular flexibility index (Phi) is 4.15. The van der Waals surface area contributed by atoms with Crippen molar-refractivity contribution >= 4 is 49.7 Å². The molecule has 31 heavy (non-hydrogen) atoms. The molecule has 152 valence electrons. The highest BCUT2D eigenvalue weighted by atomic mass is 32.1. The maximum atomic E-state index is 13.3. The summed E-state index contributed by atoms with van der Waals surface area (Å²) in [6, 6.07) is 17.3. The number of aromatic nitrogens is 2. The third-order valence-electron chi connectivity index (χ3n) is 5.22. The molecule has 6 rings (SSSR count). The molecule has 0 radical (unpaired) electrons. The molecule has 4 heterocycles. The van der Waals surface area contributed by atoms with Gasteiger partial charge in [0.1, 0.15) is 0 Å². The monoisotopic (exact) mass is 445 g/mol. The van der Waals surface area contributed by atoms with E-state index in [1.165, 1.54) is 11.3 Å². The molecule has 0 aliphatic carbocycles. The molecule has 0 spiro atoms. The first-order valence-electron chi connectivity index (χ1n) is 9.59. The highest BCUT2D eigenvalue weighted by Gasteiger charge is 2.18. The fourth-order valence-corrected chi connectivity index (χ4v) is 5.39. The molecule has 0 atom stereocenters. The van der Waals surface area contributed by atoms with Crippen LogP contribution in [0.4, 0.5) is 0 Å². The van der Waals surface area contributed by atoms with Gasteiger partial charge in [-0.25, -0.2) is 4.98 Å². The summed E-state index contributed by atoms with van der Waals surface area (Å²) in [6.07, 6.45) is 0. The number of amides is 1.